The molecule has 198 valence electrons. The van der Waals surface area contributed by atoms with E-state index in [-0.39, 0.29) is 41.2 Å². The van der Waals surface area contributed by atoms with Crippen LogP contribution in [0.2, 0.25) is 0 Å². The van der Waals surface area contributed by atoms with Crippen molar-refractivity contribution in [3.8, 4) is 5.75 Å². The summed E-state index contributed by atoms with van der Waals surface area (Å²) in [7, 11) is 0. The van der Waals surface area contributed by atoms with Crippen LogP contribution < -0.4 is 4.74 Å². The van der Waals surface area contributed by atoms with Crippen LogP contribution in [0.3, 0.4) is 0 Å². The molecule has 1 saturated carbocycles. The lowest BCUT2D eigenvalue weighted by molar-refractivity contribution is -0.148. The molecular formula is C26H37F3O5S. The molecule has 0 heterocycles. The molecule has 1 aliphatic rings. The van der Waals surface area contributed by atoms with Gasteiger partial charge in [0.2, 0.25) is 0 Å². The predicted octanol–water partition coefficient (Wildman–Crippen LogP) is 6.07. The molecule has 0 radical (unpaired) electrons. The highest BCUT2D eigenvalue weighted by molar-refractivity contribution is 8.00. The number of esters is 1. The highest BCUT2D eigenvalue weighted by Gasteiger charge is 2.35. The van der Waals surface area contributed by atoms with E-state index in [4.69, 9.17) is 9.47 Å². The summed E-state index contributed by atoms with van der Waals surface area (Å²) in [5.41, 5.74) is -0.794. The Kier molecular flexibility index (Phi) is 12.4. The topological polar surface area (TPSA) is 72.8 Å². The van der Waals surface area contributed by atoms with Gasteiger partial charge in [-0.2, -0.15) is 24.9 Å². The van der Waals surface area contributed by atoms with Crippen molar-refractivity contribution in [1.82, 2.24) is 0 Å². The van der Waals surface area contributed by atoms with Gasteiger partial charge in [0.15, 0.2) is 0 Å². The number of Topliss-reactive ketones (excluding diaryl/α,β-unsaturated/α-hetero) is 1. The molecule has 1 aromatic carbocycles. The number of thioether (sulfide) groups is 1. The number of rotatable bonds is 15. The van der Waals surface area contributed by atoms with Crippen molar-refractivity contribution >= 4 is 23.5 Å². The first-order valence-electron chi connectivity index (χ1n) is 12.4. The molecule has 0 spiro atoms. The van der Waals surface area contributed by atoms with E-state index < -0.39 is 17.8 Å². The van der Waals surface area contributed by atoms with E-state index in [9.17, 15) is 27.9 Å². The second-order valence-electron chi connectivity index (χ2n) is 8.97. The van der Waals surface area contributed by atoms with Gasteiger partial charge in [-0.15, -0.1) is 0 Å². The number of unbranched alkanes of at least 4 members (excludes halogenated alkanes) is 2. The van der Waals surface area contributed by atoms with Crippen molar-refractivity contribution in [1.29, 1.82) is 0 Å². The monoisotopic (exact) mass is 518 g/mol. The second kappa shape index (κ2) is 14.7. The van der Waals surface area contributed by atoms with Crippen molar-refractivity contribution in [3.05, 3.63) is 29.8 Å². The Balaban J connectivity index is 1.70. The van der Waals surface area contributed by atoms with E-state index >= 15 is 0 Å². The highest BCUT2D eigenvalue weighted by Crippen LogP contribution is 2.36. The minimum atomic E-state index is -4.45. The van der Waals surface area contributed by atoms with Gasteiger partial charge in [0, 0.05) is 23.3 Å². The molecule has 0 amide bonds. The fourth-order valence-electron chi connectivity index (χ4n) is 4.34. The summed E-state index contributed by atoms with van der Waals surface area (Å²) in [6.45, 7) is 4.07. The van der Waals surface area contributed by atoms with Crippen molar-refractivity contribution < 1.29 is 37.3 Å². The molecule has 1 N–H and O–H groups in total. The third-order valence-corrected chi connectivity index (χ3v) is 7.89. The molecular weight excluding hydrogens is 481 g/mol. The first kappa shape index (κ1) is 29.5. The van der Waals surface area contributed by atoms with Gasteiger partial charge in [-0.3, -0.25) is 9.59 Å². The first-order chi connectivity index (χ1) is 16.7. The van der Waals surface area contributed by atoms with Crippen molar-refractivity contribution in [2.45, 2.75) is 82.7 Å². The van der Waals surface area contributed by atoms with Crippen LogP contribution in [-0.2, 0) is 20.5 Å². The van der Waals surface area contributed by atoms with Gasteiger partial charge >= 0.3 is 12.1 Å². The second-order valence-corrected chi connectivity index (χ2v) is 10.2. The number of hydrogen-bond acceptors (Lipinski definition) is 6. The molecule has 5 nitrogen and oxygen atoms in total. The molecule has 0 saturated heterocycles. The number of ketones is 1. The standard InChI is InChI=1S/C26H37F3O5S/c1-3-18(25(32)33-4-2)9-6-5-7-12-22-23(31)13-14-24(22)35-17-20(30)16-34-21-11-8-10-19(15-21)26(27,28)29/h8,10-11,15,18,20,22,24,30H,3-7,9,12-14,16-17H2,1-2H3. The summed E-state index contributed by atoms with van der Waals surface area (Å²) in [4.78, 5) is 24.3. The highest BCUT2D eigenvalue weighted by atomic mass is 32.2. The van der Waals surface area contributed by atoms with E-state index in [1.54, 1.807) is 6.92 Å². The molecule has 0 bridgehead atoms. The average Bonchev–Trinajstić information content (AvgIpc) is 3.17. The number of aliphatic hydroxyl groups is 1. The smallest absolute Gasteiger partial charge is 0.416 e. The summed E-state index contributed by atoms with van der Waals surface area (Å²) < 4.78 is 48.9. The summed E-state index contributed by atoms with van der Waals surface area (Å²) in [5.74, 6) is 0.439. The van der Waals surface area contributed by atoms with E-state index in [1.165, 1.54) is 23.9 Å². The number of hydrogen-bond donors (Lipinski definition) is 1. The van der Waals surface area contributed by atoms with E-state index in [1.807, 2.05) is 6.92 Å². The third kappa shape index (κ3) is 10.0. The number of alkyl halides is 3. The van der Waals surface area contributed by atoms with Crippen LogP contribution in [0.4, 0.5) is 13.2 Å². The lowest BCUT2D eigenvalue weighted by Gasteiger charge is -2.20. The van der Waals surface area contributed by atoms with Crippen LogP contribution in [-0.4, -0.2) is 47.2 Å². The summed E-state index contributed by atoms with van der Waals surface area (Å²) in [5, 5.41) is 10.4. The van der Waals surface area contributed by atoms with E-state index in [0.29, 0.717) is 18.8 Å². The number of carbonyl (C=O) groups excluding carboxylic acids is 2. The number of halogens is 3. The summed E-state index contributed by atoms with van der Waals surface area (Å²) in [6, 6.07) is 4.59. The quantitative estimate of drug-likeness (QED) is 0.225. The number of ether oxygens (including phenoxy) is 2. The first-order valence-corrected chi connectivity index (χ1v) is 13.5. The zero-order valence-electron chi connectivity index (χ0n) is 20.5. The van der Waals surface area contributed by atoms with Crippen LogP contribution in [0.5, 0.6) is 5.75 Å². The molecule has 0 aliphatic heterocycles. The molecule has 9 heteroatoms. The minimum Gasteiger partial charge on any atom is -0.491 e. The summed E-state index contributed by atoms with van der Waals surface area (Å²) >= 11 is 1.54. The van der Waals surface area contributed by atoms with Crippen molar-refractivity contribution in [3.63, 3.8) is 0 Å². The van der Waals surface area contributed by atoms with Crippen LogP contribution in [0.25, 0.3) is 0 Å². The maximum atomic E-state index is 12.8. The fourth-order valence-corrected chi connectivity index (χ4v) is 5.71. The maximum absolute atomic E-state index is 12.8. The molecule has 1 fully saturated rings. The zero-order valence-corrected chi connectivity index (χ0v) is 21.3. The maximum Gasteiger partial charge on any atom is 0.416 e. The summed E-state index contributed by atoms with van der Waals surface area (Å²) in [6.07, 6.45) is 1.15. The minimum absolute atomic E-state index is 0.0383. The van der Waals surface area contributed by atoms with Crippen molar-refractivity contribution in [2.24, 2.45) is 11.8 Å². The average molecular weight is 519 g/mol. The molecule has 4 unspecified atom stereocenters. The van der Waals surface area contributed by atoms with Crippen molar-refractivity contribution in [2.75, 3.05) is 19.0 Å². The van der Waals surface area contributed by atoms with Crippen LogP contribution in [0, 0.1) is 11.8 Å². The Labute approximate surface area is 210 Å². The predicted molar refractivity (Wildman–Crippen MR) is 130 cm³/mol. The van der Waals surface area contributed by atoms with Crippen LogP contribution in [0.1, 0.15) is 70.8 Å². The van der Waals surface area contributed by atoms with Gasteiger partial charge in [0.25, 0.3) is 0 Å². The normalized spacial score (nSPS) is 20.0. The van der Waals surface area contributed by atoms with Crippen LogP contribution >= 0.6 is 11.8 Å². The third-order valence-electron chi connectivity index (χ3n) is 6.32. The van der Waals surface area contributed by atoms with Gasteiger partial charge in [0.05, 0.1) is 24.2 Å². The Morgan fingerprint density at radius 2 is 2.00 bits per heavy atom. The molecule has 2 rings (SSSR count). The Morgan fingerprint density at radius 3 is 2.69 bits per heavy atom. The molecule has 1 aliphatic carbocycles. The lowest BCUT2D eigenvalue weighted by atomic mass is 9.95. The number of carbonyl (C=O) groups is 2. The molecule has 4 atom stereocenters. The van der Waals surface area contributed by atoms with Crippen LogP contribution in [0.15, 0.2) is 24.3 Å². The van der Waals surface area contributed by atoms with Gasteiger partial charge in [-0.05, 0) is 50.8 Å². The van der Waals surface area contributed by atoms with Gasteiger partial charge < -0.3 is 14.6 Å². The van der Waals surface area contributed by atoms with Gasteiger partial charge in [-0.25, -0.2) is 0 Å². The Bertz CT molecular complexity index is 801. The Hall–Kier alpha value is -1.74. The Morgan fingerprint density at radius 1 is 1.23 bits per heavy atom. The fraction of sp³-hybridized carbons (Fsp3) is 0.692. The number of benzene rings is 1. The largest absolute Gasteiger partial charge is 0.491 e. The van der Waals surface area contributed by atoms with Gasteiger partial charge in [0.1, 0.15) is 18.1 Å². The molecule has 35 heavy (non-hydrogen) atoms. The van der Waals surface area contributed by atoms with Gasteiger partial charge in [-0.1, -0.05) is 32.3 Å². The molecule has 0 aromatic heterocycles. The molecule has 1 aromatic rings. The number of aliphatic hydroxyl groups excluding tert-OH is 1. The lowest BCUT2D eigenvalue weighted by Crippen LogP contribution is -2.24. The van der Waals surface area contributed by atoms with E-state index in [0.717, 1.165) is 57.1 Å². The van der Waals surface area contributed by atoms with E-state index in [2.05, 4.69) is 0 Å². The SMILES string of the molecule is CCOC(=O)C(CC)CCCCCC1C(=O)CCC1SCC(O)COc1cccc(C(F)(F)F)c1. The zero-order chi connectivity index (χ0) is 25.8.